The average molecular weight is 444 g/mol. The van der Waals surface area contributed by atoms with Crippen molar-refractivity contribution in [1.82, 2.24) is 15.1 Å². The Hall–Kier alpha value is -3.10. The van der Waals surface area contributed by atoms with Crippen molar-refractivity contribution in [2.24, 2.45) is 5.92 Å². The molecule has 0 spiro atoms. The molecule has 9 heteroatoms. The highest BCUT2D eigenvalue weighted by Crippen LogP contribution is 2.35. The number of hydrogen-bond donors (Lipinski definition) is 0. The first-order chi connectivity index (χ1) is 15.4. The molecule has 1 saturated carbocycles. The van der Waals surface area contributed by atoms with Gasteiger partial charge >= 0.3 is 6.18 Å². The maximum Gasteiger partial charge on any atom is 0.417 e. The molecule has 3 heterocycles. The van der Waals surface area contributed by atoms with Crippen LogP contribution in [0.15, 0.2) is 47.5 Å². The van der Waals surface area contributed by atoms with Crippen LogP contribution in [0.25, 0.3) is 0 Å². The van der Waals surface area contributed by atoms with E-state index in [4.69, 9.17) is 4.74 Å². The number of aromatic nitrogens is 2. The molecule has 2 aromatic rings. The van der Waals surface area contributed by atoms with E-state index < -0.39 is 17.6 Å². The third kappa shape index (κ3) is 4.28. The van der Waals surface area contributed by atoms with Gasteiger partial charge in [-0.3, -0.25) is 4.79 Å². The van der Waals surface area contributed by atoms with E-state index >= 15 is 0 Å². The fourth-order valence-corrected chi connectivity index (χ4v) is 4.27. The molecule has 1 aliphatic carbocycles. The first-order valence-corrected chi connectivity index (χ1v) is 10.8. The lowest BCUT2D eigenvalue weighted by molar-refractivity contribution is -0.138. The first kappa shape index (κ1) is 20.8. The van der Waals surface area contributed by atoms with Gasteiger partial charge in [-0.15, -0.1) is 10.2 Å². The van der Waals surface area contributed by atoms with Gasteiger partial charge in [0.25, 0.3) is 5.91 Å². The number of halogens is 3. The number of nitrogens with zero attached hydrogens (tertiary/aromatic N) is 4. The Morgan fingerprint density at radius 1 is 1.00 bits per heavy atom. The minimum Gasteiger partial charge on any atom is -0.477 e. The SMILES string of the molecule is O=C(c1ccccc1C(F)(F)F)N1CC2=C(C1)CN(c1ccc(OCCC3CC3)nn1)C2. The fraction of sp³-hybridized carbons (Fsp3) is 0.435. The van der Waals surface area contributed by atoms with Crippen LogP contribution in [0.1, 0.15) is 35.2 Å². The molecule has 0 bridgehead atoms. The number of alkyl halides is 3. The molecule has 1 amide bonds. The molecule has 32 heavy (non-hydrogen) atoms. The van der Waals surface area contributed by atoms with Crippen molar-refractivity contribution in [2.45, 2.75) is 25.4 Å². The topological polar surface area (TPSA) is 58.6 Å². The molecular weight excluding hydrogens is 421 g/mol. The van der Waals surface area contributed by atoms with Gasteiger partial charge in [0.05, 0.1) is 17.7 Å². The molecule has 0 atom stereocenters. The molecule has 2 aliphatic heterocycles. The quantitative estimate of drug-likeness (QED) is 0.632. The van der Waals surface area contributed by atoms with E-state index in [0.717, 1.165) is 29.6 Å². The van der Waals surface area contributed by atoms with Gasteiger partial charge in [-0.05, 0) is 41.7 Å². The van der Waals surface area contributed by atoms with Crippen molar-refractivity contribution in [2.75, 3.05) is 37.7 Å². The van der Waals surface area contributed by atoms with Crippen LogP contribution in [0.3, 0.4) is 0 Å². The fourth-order valence-electron chi connectivity index (χ4n) is 4.27. The van der Waals surface area contributed by atoms with Crippen molar-refractivity contribution in [1.29, 1.82) is 0 Å². The number of ether oxygens (including phenoxy) is 1. The van der Waals surface area contributed by atoms with E-state index in [1.54, 1.807) is 0 Å². The molecule has 0 N–H and O–H groups in total. The lowest BCUT2D eigenvalue weighted by Gasteiger charge is -2.24. The number of rotatable bonds is 6. The second-order valence-corrected chi connectivity index (χ2v) is 8.58. The summed E-state index contributed by atoms with van der Waals surface area (Å²) in [5.74, 6) is 1.43. The van der Waals surface area contributed by atoms with Crippen LogP contribution in [0, 0.1) is 5.92 Å². The van der Waals surface area contributed by atoms with Gasteiger partial charge in [-0.25, -0.2) is 0 Å². The minimum absolute atomic E-state index is 0.304. The summed E-state index contributed by atoms with van der Waals surface area (Å²) >= 11 is 0. The number of carbonyl (C=O) groups excluding carboxylic acids is 1. The molecule has 1 fully saturated rings. The van der Waals surface area contributed by atoms with Crippen LogP contribution in [0.5, 0.6) is 5.88 Å². The van der Waals surface area contributed by atoms with Crippen LogP contribution in [-0.4, -0.2) is 53.8 Å². The molecule has 0 radical (unpaired) electrons. The molecular formula is C23H23F3N4O2. The number of hydrogen-bond acceptors (Lipinski definition) is 5. The van der Waals surface area contributed by atoms with E-state index in [-0.39, 0.29) is 5.56 Å². The summed E-state index contributed by atoms with van der Waals surface area (Å²) in [5, 5.41) is 8.41. The first-order valence-electron chi connectivity index (χ1n) is 10.8. The zero-order valence-electron chi connectivity index (χ0n) is 17.4. The summed E-state index contributed by atoms with van der Waals surface area (Å²) in [6, 6.07) is 8.62. The molecule has 0 saturated heterocycles. The molecule has 3 aliphatic rings. The van der Waals surface area contributed by atoms with Gasteiger partial charge in [-0.1, -0.05) is 25.0 Å². The summed E-state index contributed by atoms with van der Waals surface area (Å²) in [6.45, 7) is 2.46. The molecule has 5 rings (SSSR count). The highest BCUT2D eigenvalue weighted by molar-refractivity contribution is 5.96. The van der Waals surface area contributed by atoms with Crippen molar-refractivity contribution in [3.8, 4) is 5.88 Å². The van der Waals surface area contributed by atoms with Crippen LogP contribution < -0.4 is 9.64 Å². The van der Waals surface area contributed by atoms with Gasteiger partial charge in [0, 0.05) is 32.2 Å². The number of anilines is 1. The summed E-state index contributed by atoms with van der Waals surface area (Å²) in [4.78, 5) is 16.4. The van der Waals surface area contributed by atoms with Gasteiger partial charge in [0.1, 0.15) is 0 Å². The second-order valence-electron chi connectivity index (χ2n) is 8.58. The third-order valence-corrected chi connectivity index (χ3v) is 6.20. The predicted octanol–water partition coefficient (Wildman–Crippen LogP) is 3.95. The summed E-state index contributed by atoms with van der Waals surface area (Å²) in [7, 11) is 0. The number of carbonyl (C=O) groups is 1. The molecule has 1 aromatic heterocycles. The zero-order chi connectivity index (χ0) is 22.3. The standard InChI is InChI=1S/C23H23F3N4O2/c24-23(25,26)19-4-2-1-3-18(19)22(31)30-13-16-11-29(12-17(16)14-30)20-7-8-21(28-27-20)32-10-9-15-5-6-15/h1-4,7-8,15H,5-6,9-14H2. The predicted molar refractivity (Wildman–Crippen MR) is 111 cm³/mol. The minimum atomic E-state index is -4.56. The van der Waals surface area contributed by atoms with Crippen molar-refractivity contribution < 1.29 is 22.7 Å². The molecule has 168 valence electrons. The van der Waals surface area contributed by atoms with Crippen LogP contribution in [0.2, 0.25) is 0 Å². The lowest BCUT2D eigenvalue weighted by atomic mass is 10.1. The Bertz CT molecular complexity index is 1030. The van der Waals surface area contributed by atoms with Crippen molar-refractivity contribution >= 4 is 11.7 Å². The Balaban J connectivity index is 1.18. The lowest BCUT2D eigenvalue weighted by Crippen LogP contribution is -2.35. The average Bonchev–Trinajstić information content (AvgIpc) is 3.38. The second kappa shape index (κ2) is 8.11. The van der Waals surface area contributed by atoms with E-state index in [9.17, 15) is 18.0 Å². The largest absolute Gasteiger partial charge is 0.477 e. The van der Waals surface area contributed by atoms with Gasteiger partial charge < -0.3 is 14.5 Å². The smallest absolute Gasteiger partial charge is 0.417 e. The molecule has 1 aromatic carbocycles. The number of benzene rings is 1. The third-order valence-electron chi connectivity index (χ3n) is 6.20. The van der Waals surface area contributed by atoms with E-state index in [2.05, 4.69) is 15.1 Å². The highest BCUT2D eigenvalue weighted by atomic mass is 19.4. The van der Waals surface area contributed by atoms with Gasteiger partial charge in [0.15, 0.2) is 5.82 Å². The van der Waals surface area contributed by atoms with Crippen molar-refractivity contribution in [3.05, 3.63) is 58.7 Å². The van der Waals surface area contributed by atoms with Crippen molar-refractivity contribution in [3.63, 3.8) is 0 Å². The Kier molecular flexibility index (Phi) is 5.27. The summed E-state index contributed by atoms with van der Waals surface area (Å²) < 4.78 is 45.5. The van der Waals surface area contributed by atoms with Crippen LogP contribution in [-0.2, 0) is 6.18 Å². The molecule has 0 unspecified atom stereocenters. The highest BCUT2D eigenvalue weighted by Gasteiger charge is 2.38. The Labute approximate surface area is 183 Å². The maximum atomic E-state index is 13.3. The summed E-state index contributed by atoms with van der Waals surface area (Å²) in [6.07, 6.45) is -0.933. The van der Waals surface area contributed by atoms with E-state index in [1.807, 2.05) is 12.1 Å². The van der Waals surface area contributed by atoms with Crippen LogP contribution >= 0.6 is 0 Å². The van der Waals surface area contributed by atoms with Crippen LogP contribution in [0.4, 0.5) is 19.0 Å². The molecule has 6 nitrogen and oxygen atoms in total. The normalized spacial score (nSPS) is 18.3. The Morgan fingerprint density at radius 2 is 1.72 bits per heavy atom. The summed E-state index contributed by atoms with van der Waals surface area (Å²) in [5.41, 5.74) is 0.901. The van der Waals surface area contributed by atoms with Gasteiger partial charge in [0.2, 0.25) is 5.88 Å². The Morgan fingerprint density at radius 3 is 2.34 bits per heavy atom. The van der Waals surface area contributed by atoms with E-state index in [1.165, 1.54) is 35.9 Å². The number of amides is 1. The van der Waals surface area contributed by atoms with Gasteiger partial charge in [-0.2, -0.15) is 13.2 Å². The van der Waals surface area contributed by atoms with E-state index in [0.29, 0.717) is 44.5 Å². The zero-order valence-corrected chi connectivity index (χ0v) is 17.4. The maximum absolute atomic E-state index is 13.3. The monoisotopic (exact) mass is 444 g/mol.